The van der Waals surface area contributed by atoms with Crippen LogP contribution in [-0.2, 0) is 9.53 Å². The number of nitrogens with zero attached hydrogens (tertiary/aromatic N) is 1. The molecule has 1 aliphatic carbocycles. The lowest BCUT2D eigenvalue weighted by Gasteiger charge is -2.18. The molecule has 146 valence electrons. The van der Waals surface area contributed by atoms with E-state index in [-0.39, 0.29) is 5.91 Å². The number of nitrogens with one attached hydrogen (secondary N) is 2. The van der Waals surface area contributed by atoms with Crippen LogP contribution in [0.3, 0.4) is 0 Å². The van der Waals surface area contributed by atoms with E-state index in [1.165, 1.54) is 11.8 Å². The van der Waals surface area contributed by atoms with Gasteiger partial charge in [-0.25, -0.2) is 4.99 Å². The number of carbonyl (C=O) groups is 1. The monoisotopic (exact) mass is 395 g/mol. The van der Waals surface area contributed by atoms with Gasteiger partial charge in [-0.3, -0.25) is 4.79 Å². The van der Waals surface area contributed by atoms with Crippen molar-refractivity contribution in [3.63, 3.8) is 0 Å². The highest BCUT2D eigenvalue weighted by Gasteiger charge is 2.25. The second-order valence-corrected chi connectivity index (χ2v) is 7.93. The molecule has 0 bridgehead atoms. The average Bonchev–Trinajstić information content (AvgIpc) is 3.02. The zero-order valence-corrected chi connectivity index (χ0v) is 17.1. The van der Waals surface area contributed by atoms with Crippen molar-refractivity contribution in [3.05, 3.63) is 71.1 Å². The Morgan fingerprint density at radius 3 is 2.71 bits per heavy atom. The average molecular weight is 396 g/mol. The highest BCUT2D eigenvalue weighted by atomic mass is 32.2. The number of thioether (sulfide) groups is 1. The molecular weight excluding hydrogens is 370 g/mol. The van der Waals surface area contributed by atoms with Crippen LogP contribution >= 0.6 is 11.8 Å². The van der Waals surface area contributed by atoms with E-state index in [0.29, 0.717) is 29.3 Å². The minimum atomic E-state index is -0.120. The Kier molecular flexibility index (Phi) is 6.76. The molecule has 0 fully saturated rings. The minimum absolute atomic E-state index is 0.120. The molecule has 28 heavy (non-hydrogen) atoms. The third-order valence-electron chi connectivity index (χ3n) is 4.23. The number of rotatable bonds is 7. The van der Waals surface area contributed by atoms with Gasteiger partial charge in [0.15, 0.2) is 0 Å². The van der Waals surface area contributed by atoms with Gasteiger partial charge in [0.25, 0.3) is 0 Å². The first-order chi connectivity index (χ1) is 13.5. The topological polar surface area (TPSA) is 62.7 Å². The molecule has 2 unspecified atom stereocenters. The smallest absolute Gasteiger partial charge is 0.221 e. The van der Waals surface area contributed by atoms with Crippen LogP contribution in [0.1, 0.15) is 20.8 Å². The second kappa shape index (κ2) is 9.46. The molecule has 1 aliphatic heterocycles. The fraction of sp³-hybridized carbons (Fsp3) is 0.273. The zero-order chi connectivity index (χ0) is 19.9. The lowest BCUT2D eigenvalue weighted by Crippen LogP contribution is -2.11. The molecule has 2 N–H and O–H groups in total. The number of amides is 1. The highest BCUT2D eigenvalue weighted by Crippen LogP contribution is 2.40. The number of carbonyl (C=O) groups excluding carboxylic acids is 1. The Hall–Kier alpha value is -2.73. The van der Waals surface area contributed by atoms with Gasteiger partial charge in [0, 0.05) is 24.3 Å². The number of aliphatic imine (C=N–C) groups is 1. The van der Waals surface area contributed by atoms with Gasteiger partial charge in [-0.15, -0.1) is 11.8 Å². The molecule has 0 saturated carbocycles. The normalized spacial score (nSPS) is 21.2. The number of hydrogen-bond acceptors (Lipinski definition) is 5. The number of benzene rings is 1. The van der Waals surface area contributed by atoms with Gasteiger partial charge in [-0.05, 0) is 49.1 Å². The van der Waals surface area contributed by atoms with Gasteiger partial charge in [0.05, 0.1) is 11.4 Å². The Balaban J connectivity index is 1.65. The van der Waals surface area contributed by atoms with Crippen molar-refractivity contribution in [2.75, 3.05) is 17.2 Å². The van der Waals surface area contributed by atoms with Crippen molar-refractivity contribution in [1.82, 2.24) is 0 Å². The summed E-state index contributed by atoms with van der Waals surface area (Å²) in [5.74, 6) is 1.82. The van der Waals surface area contributed by atoms with E-state index in [1.54, 1.807) is 6.21 Å². The summed E-state index contributed by atoms with van der Waals surface area (Å²) in [4.78, 5) is 17.1. The van der Waals surface area contributed by atoms with E-state index in [4.69, 9.17) is 4.74 Å². The van der Waals surface area contributed by atoms with Crippen LogP contribution in [0, 0.1) is 5.92 Å². The molecule has 1 aromatic carbocycles. The molecule has 1 heterocycles. The van der Waals surface area contributed by atoms with Crippen LogP contribution in [0.15, 0.2) is 76.1 Å². The maximum absolute atomic E-state index is 11.4. The molecule has 2 atom stereocenters. The maximum atomic E-state index is 11.4. The summed E-state index contributed by atoms with van der Waals surface area (Å²) in [5, 5.41) is 6.56. The van der Waals surface area contributed by atoms with Gasteiger partial charge < -0.3 is 15.4 Å². The lowest BCUT2D eigenvalue weighted by atomic mass is 9.99. The number of anilines is 2. The fourth-order valence-corrected chi connectivity index (χ4v) is 4.20. The lowest BCUT2D eigenvalue weighted by molar-refractivity contribution is -0.114. The first-order valence-corrected chi connectivity index (χ1v) is 10.1. The summed E-state index contributed by atoms with van der Waals surface area (Å²) in [6.45, 7) is 5.88. The number of fused-ring (bicyclic) bond motifs is 1. The molecule has 0 aromatic heterocycles. The van der Waals surface area contributed by atoms with E-state index in [9.17, 15) is 4.79 Å². The summed E-state index contributed by atoms with van der Waals surface area (Å²) in [5.41, 5.74) is 1.48. The standard InChI is InChI=1S/C22H25N3O2S/c1-4-23-22(25-20-8-6-5-7-19(20)24-16(3)26)11-12-27-18-9-10-21-17(14-18)13-15(2)28-21/h4-11,13-14,17,21,25H,12H2,1-3H3,(H,24,26)/b22-11+,23-4-. The SMILES string of the molecule is C/C=N\C(=C/COC1=CC2C=C(C)SC2C=C1)Nc1ccccc1NC(C)=O. The molecular formula is C22H25N3O2S. The second-order valence-electron chi connectivity index (χ2n) is 6.50. The van der Waals surface area contributed by atoms with Gasteiger partial charge in [-0.2, -0.15) is 0 Å². The Labute approximate surface area is 170 Å². The van der Waals surface area contributed by atoms with Crippen LogP contribution in [0.25, 0.3) is 0 Å². The predicted octanol–water partition coefficient (Wildman–Crippen LogP) is 5.09. The molecule has 0 spiro atoms. The summed E-state index contributed by atoms with van der Waals surface area (Å²) >= 11 is 1.90. The van der Waals surface area contributed by atoms with Crippen LogP contribution < -0.4 is 10.6 Å². The molecule has 0 saturated heterocycles. The first-order valence-electron chi connectivity index (χ1n) is 9.25. The van der Waals surface area contributed by atoms with Gasteiger partial charge in [-0.1, -0.05) is 24.3 Å². The maximum Gasteiger partial charge on any atom is 0.221 e. The Morgan fingerprint density at radius 1 is 1.25 bits per heavy atom. The van der Waals surface area contributed by atoms with E-state index in [2.05, 4.69) is 40.8 Å². The molecule has 6 heteroatoms. The van der Waals surface area contributed by atoms with E-state index < -0.39 is 0 Å². The number of allylic oxidation sites excluding steroid dienone is 4. The molecule has 1 amide bonds. The minimum Gasteiger partial charge on any atom is -0.490 e. The molecule has 1 aromatic rings. The Morgan fingerprint density at radius 2 is 2.00 bits per heavy atom. The van der Waals surface area contributed by atoms with Crippen LogP contribution in [0.5, 0.6) is 0 Å². The van der Waals surface area contributed by atoms with Crippen molar-refractivity contribution in [3.8, 4) is 0 Å². The molecule has 0 radical (unpaired) electrons. The van der Waals surface area contributed by atoms with E-state index in [1.807, 2.05) is 55.1 Å². The molecule has 5 nitrogen and oxygen atoms in total. The first kappa shape index (κ1) is 20.0. The summed E-state index contributed by atoms with van der Waals surface area (Å²) in [6.07, 6.45) is 12.3. The van der Waals surface area contributed by atoms with E-state index in [0.717, 1.165) is 11.4 Å². The quantitative estimate of drug-likeness (QED) is 0.631. The summed E-state index contributed by atoms with van der Waals surface area (Å²) < 4.78 is 5.91. The van der Waals surface area contributed by atoms with Crippen LogP contribution in [-0.4, -0.2) is 24.0 Å². The van der Waals surface area contributed by atoms with Crippen molar-refractivity contribution in [2.24, 2.45) is 10.9 Å². The van der Waals surface area contributed by atoms with Crippen LogP contribution in [0.2, 0.25) is 0 Å². The van der Waals surface area contributed by atoms with Crippen molar-refractivity contribution in [2.45, 2.75) is 26.0 Å². The molecule has 3 rings (SSSR count). The zero-order valence-electron chi connectivity index (χ0n) is 16.3. The van der Waals surface area contributed by atoms with Crippen LogP contribution in [0.4, 0.5) is 11.4 Å². The Bertz CT molecular complexity index is 884. The third kappa shape index (κ3) is 5.39. The van der Waals surface area contributed by atoms with Crippen molar-refractivity contribution in [1.29, 1.82) is 0 Å². The van der Waals surface area contributed by atoms with E-state index >= 15 is 0 Å². The highest BCUT2D eigenvalue weighted by molar-refractivity contribution is 8.04. The fourth-order valence-electron chi connectivity index (χ4n) is 3.06. The number of hydrogen-bond donors (Lipinski definition) is 2. The summed E-state index contributed by atoms with van der Waals surface area (Å²) in [7, 11) is 0. The largest absolute Gasteiger partial charge is 0.490 e. The number of para-hydroxylation sites is 2. The van der Waals surface area contributed by atoms with Crippen molar-refractivity contribution < 1.29 is 9.53 Å². The predicted molar refractivity (Wildman–Crippen MR) is 118 cm³/mol. The van der Waals surface area contributed by atoms with Crippen molar-refractivity contribution >= 4 is 35.3 Å². The van der Waals surface area contributed by atoms with Gasteiger partial charge >= 0.3 is 0 Å². The molecule has 2 aliphatic rings. The third-order valence-corrected chi connectivity index (χ3v) is 5.48. The number of ether oxygens (including phenoxy) is 1. The van der Waals surface area contributed by atoms with Gasteiger partial charge in [0.2, 0.25) is 5.91 Å². The summed E-state index contributed by atoms with van der Waals surface area (Å²) in [6, 6.07) is 7.51. The van der Waals surface area contributed by atoms with Gasteiger partial charge in [0.1, 0.15) is 18.2 Å².